The molecular formula is C21H20N4O. The summed E-state index contributed by atoms with van der Waals surface area (Å²) in [5.41, 5.74) is 6.39. The fourth-order valence-electron chi connectivity index (χ4n) is 3.22. The lowest BCUT2D eigenvalue weighted by Gasteiger charge is -2.07. The molecule has 0 unspecified atom stereocenters. The van der Waals surface area contributed by atoms with Gasteiger partial charge in [-0.25, -0.2) is 9.97 Å². The third kappa shape index (κ3) is 2.81. The molecule has 0 aliphatic rings. The van der Waals surface area contributed by atoms with Gasteiger partial charge in [0.1, 0.15) is 11.3 Å². The predicted octanol–water partition coefficient (Wildman–Crippen LogP) is 3.78. The molecule has 0 amide bonds. The Morgan fingerprint density at radius 1 is 1.08 bits per heavy atom. The van der Waals surface area contributed by atoms with E-state index in [1.807, 2.05) is 48.8 Å². The van der Waals surface area contributed by atoms with Crippen molar-refractivity contribution in [1.29, 1.82) is 0 Å². The summed E-state index contributed by atoms with van der Waals surface area (Å²) in [6.45, 7) is 4.10. The Hall–Kier alpha value is -3.21. The molecule has 5 heteroatoms. The topological polar surface area (TPSA) is 52.2 Å². The number of fused-ring (bicyclic) bond motifs is 1. The van der Waals surface area contributed by atoms with Crippen molar-refractivity contribution in [2.45, 2.75) is 20.3 Å². The van der Waals surface area contributed by atoms with Gasteiger partial charge < -0.3 is 8.97 Å². The van der Waals surface area contributed by atoms with Crippen LogP contribution in [0.15, 0.2) is 55.1 Å². The van der Waals surface area contributed by atoms with Gasteiger partial charge in [-0.15, -0.1) is 0 Å². The normalized spacial score (nSPS) is 11.2. The standard InChI is InChI=1S/C21H20N4O/c1-14-8-9-20-23-21(16-7-5-4-6-15(16)2)18(25(20)11-14)10-19(26)17-12-24(3)13-22-17/h4-9,11-13H,10H2,1-3H3. The van der Waals surface area contributed by atoms with E-state index in [-0.39, 0.29) is 12.2 Å². The Bertz CT molecular complexity index is 1120. The summed E-state index contributed by atoms with van der Waals surface area (Å²) in [6.07, 6.45) is 5.69. The molecule has 0 radical (unpaired) electrons. The highest BCUT2D eigenvalue weighted by molar-refractivity contribution is 5.96. The largest absolute Gasteiger partial charge is 0.340 e. The van der Waals surface area contributed by atoms with Crippen LogP contribution < -0.4 is 0 Å². The van der Waals surface area contributed by atoms with Crippen LogP contribution in [0.4, 0.5) is 0 Å². The Morgan fingerprint density at radius 2 is 1.88 bits per heavy atom. The van der Waals surface area contributed by atoms with Gasteiger partial charge in [0.05, 0.1) is 24.1 Å². The minimum atomic E-state index is -0.0104. The van der Waals surface area contributed by atoms with Crippen LogP contribution in [-0.2, 0) is 13.5 Å². The van der Waals surface area contributed by atoms with E-state index < -0.39 is 0 Å². The Labute approximate surface area is 152 Å². The highest BCUT2D eigenvalue weighted by Gasteiger charge is 2.20. The van der Waals surface area contributed by atoms with E-state index in [9.17, 15) is 4.79 Å². The first-order valence-corrected chi connectivity index (χ1v) is 8.57. The van der Waals surface area contributed by atoms with Crippen LogP contribution in [-0.4, -0.2) is 24.7 Å². The number of carbonyl (C=O) groups excluding carboxylic acids is 1. The van der Waals surface area contributed by atoms with E-state index in [1.54, 1.807) is 17.1 Å². The van der Waals surface area contributed by atoms with Gasteiger partial charge in [0, 0.05) is 25.0 Å². The zero-order valence-electron chi connectivity index (χ0n) is 15.1. The molecule has 0 aliphatic carbocycles. The molecule has 130 valence electrons. The lowest BCUT2D eigenvalue weighted by Crippen LogP contribution is -2.08. The number of nitrogens with zero attached hydrogens (tertiary/aromatic N) is 4. The molecule has 26 heavy (non-hydrogen) atoms. The highest BCUT2D eigenvalue weighted by atomic mass is 16.1. The molecule has 3 aromatic heterocycles. The lowest BCUT2D eigenvalue weighted by molar-refractivity contribution is 0.0987. The van der Waals surface area contributed by atoms with Crippen molar-refractivity contribution in [1.82, 2.24) is 18.9 Å². The average molecular weight is 344 g/mol. The van der Waals surface area contributed by atoms with E-state index in [1.165, 1.54) is 0 Å². The number of rotatable bonds is 4. The number of aryl methyl sites for hydroxylation is 3. The van der Waals surface area contributed by atoms with E-state index in [0.29, 0.717) is 5.69 Å². The lowest BCUT2D eigenvalue weighted by atomic mass is 10.0. The number of hydrogen-bond donors (Lipinski definition) is 0. The summed E-state index contributed by atoms with van der Waals surface area (Å²) in [7, 11) is 1.86. The number of pyridine rings is 1. The molecule has 3 heterocycles. The number of hydrogen-bond acceptors (Lipinski definition) is 3. The molecular weight excluding hydrogens is 324 g/mol. The molecule has 0 aliphatic heterocycles. The van der Waals surface area contributed by atoms with Crippen LogP contribution in [0.5, 0.6) is 0 Å². The van der Waals surface area contributed by atoms with Crippen molar-refractivity contribution in [2.24, 2.45) is 7.05 Å². The van der Waals surface area contributed by atoms with Gasteiger partial charge in [-0.3, -0.25) is 4.79 Å². The summed E-state index contributed by atoms with van der Waals surface area (Å²) < 4.78 is 3.81. The van der Waals surface area contributed by atoms with Gasteiger partial charge >= 0.3 is 0 Å². The van der Waals surface area contributed by atoms with Crippen molar-refractivity contribution in [2.75, 3.05) is 0 Å². The fraction of sp³-hybridized carbons (Fsp3) is 0.190. The zero-order chi connectivity index (χ0) is 18.3. The van der Waals surface area contributed by atoms with E-state index in [2.05, 4.69) is 24.0 Å². The van der Waals surface area contributed by atoms with Crippen molar-refractivity contribution >= 4 is 11.4 Å². The van der Waals surface area contributed by atoms with Gasteiger partial charge in [-0.2, -0.15) is 0 Å². The zero-order valence-corrected chi connectivity index (χ0v) is 15.1. The first kappa shape index (κ1) is 16.3. The monoisotopic (exact) mass is 344 g/mol. The first-order valence-electron chi connectivity index (χ1n) is 8.57. The van der Waals surface area contributed by atoms with Crippen molar-refractivity contribution in [3.05, 3.63) is 77.6 Å². The van der Waals surface area contributed by atoms with E-state index in [0.717, 1.165) is 33.7 Å². The molecule has 5 nitrogen and oxygen atoms in total. The third-order valence-corrected chi connectivity index (χ3v) is 4.58. The van der Waals surface area contributed by atoms with Gasteiger partial charge in [0.2, 0.25) is 0 Å². The van der Waals surface area contributed by atoms with Crippen molar-refractivity contribution < 1.29 is 4.79 Å². The third-order valence-electron chi connectivity index (χ3n) is 4.58. The van der Waals surface area contributed by atoms with Crippen molar-refractivity contribution in [3.8, 4) is 11.3 Å². The molecule has 4 rings (SSSR count). The van der Waals surface area contributed by atoms with Crippen LogP contribution in [0.1, 0.15) is 27.3 Å². The molecule has 0 atom stereocenters. The van der Waals surface area contributed by atoms with Crippen LogP contribution in [0, 0.1) is 13.8 Å². The Kier molecular flexibility index (Phi) is 3.92. The molecule has 0 saturated carbocycles. The molecule has 1 aromatic carbocycles. The van der Waals surface area contributed by atoms with Crippen LogP contribution in [0.3, 0.4) is 0 Å². The second kappa shape index (κ2) is 6.26. The van der Waals surface area contributed by atoms with E-state index >= 15 is 0 Å². The number of benzene rings is 1. The van der Waals surface area contributed by atoms with Gasteiger partial charge in [-0.1, -0.05) is 30.3 Å². The Balaban J connectivity index is 1.88. The molecule has 0 saturated heterocycles. The predicted molar refractivity (Wildman–Crippen MR) is 101 cm³/mol. The van der Waals surface area contributed by atoms with Crippen molar-refractivity contribution in [3.63, 3.8) is 0 Å². The molecule has 4 aromatic rings. The summed E-state index contributed by atoms with van der Waals surface area (Å²) in [5.74, 6) is -0.0104. The number of imidazole rings is 2. The van der Waals surface area contributed by atoms with Gasteiger partial charge in [-0.05, 0) is 31.0 Å². The number of aromatic nitrogens is 4. The summed E-state index contributed by atoms with van der Waals surface area (Å²) in [6, 6.07) is 12.2. The average Bonchev–Trinajstić information content (AvgIpc) is 3.20. The second-order valence-electron chi connectivity index (χ2n) is 6.68. The maximum Gasteiger partial charge on any atom is 0.188 e. The van der Waals surface area contributed by atoms with Crippen LogP contribution in [0.2, 0.25) is 0 Å². The van der Waals surface area contributed by atoms with E-state index in [4.69, 9.17) is 4.98 Å². The SMILES string of the molecule is Cc1ccc2nc(-c3ccccc3C)c(CC(=O)c3cn(C)cn3)n2c1. The number of Topliss-reactive ketones (excluding diaryl/α,β-unsaturated/α-hetero) is 1. The quantitative estimate of drug-likeness (QED) is 0.530. The smallest absolute Gasteiger partial charge is 0.188 e. The van der Waals surface area contributed by atoms with Crippen LogP contribution >= 0.6 is 0 Å². The second-order valence-corrected chi connectivity index (χ2v) is 6.68. The summed E-state index contributed by atoms with van der Waals surface area (Å²) >= 11 is 0. The van der Waals surface area contributed by atoms with Gasteiger partial charge in [0.15, 0.2) is 5.78 Å². The minimum absolute atomic E-state index is 0.0104. The van der Waals surface area contributed by atoms with Gasteiger partial charge in [0.25, 0.3) is 0 Å². The fourth-order valence-corrected chi connectivity index (χ4v) is 3.22. The molecule has 0 fully saturated rings. The Morgan fingerprint density at radius 3 is 2.62 bits per heavy atom. The number of carbonyl (C=O) groups is 1. The highest BCUT2D eigenvalue weighted by Crippen LogP contribution is 2.28. The number of ketones is 1. The first-order chi connectivity index (χ1) is 12.5. The maximum atomic E-state index is 12.8. The molecule has 0 N–H and O–H groups in total. The molecule has 0 bridgehead atoms. The summed E-state index contributed by atoms with van der Waals surface area (Å²) in [4.78, 5) is 21.8. The summed E-state index contributed by atoms with van der Waals surface area (Å²) in [5, 5.41) is 0. The maximum absolute atomic E-state index is 12.8. The molecule has 0 spiro atoms. The minimum Gasteiger partial charge on any atom is -0.340 e. The van der Waals surface area contributed by atoms with Crippen LogP contribution in [0.25, 0.3) is 16.9 Å².